The molecule has 0 bridgehead atoms. The highest BCUT2D eigenvalue weighted by molar-refractivity contribution is 5.67. The maximum Gasteiger partial charge on any atom is 0.407 e. The average molecular weight is 295 g/mol. The maximum absolute atomic E-state index is 11.6. The van der Waals surface area contributed by atoms with Crippen molar-refractivity contribution in [1.29, 1.82) is 0 Å². The minimum atomic E-state index is -0.499. The number of carbonyl (C=O) groups is 1. The number of alkyl carbamates (subject to hydrolysis) is 1. The molecule has 0 aliphatic carbocycles. The second-order valence-corrected chi connectivity index (χ2v) is 5.94. The van der Waals surface area contributed by atoms with Gasteiger partial charge in [-0.2, -0.15) is 0 Å². The van der Waals surface area contributed by atoms with Gasteiger partial charge in [0.25, 0.3) is 0 Å². The van der Waals surface area contributed by atoms with E-state index < -0.39 is 11.7 Å². The van der Waals surface area contributed by atoms with Crippen LogP contribution >= 0.6 is 0 Å². The number of ether oxygens (including phenoxy) is 2. The minimum absolute atomic E-state index is 0.370. The van der Waals surface area contributed by atoms with Crippen LogP contribution in [0.5, 0.6) is 0 Å². The quantitative estimate of drug-likeness (QED) is 0.620. The topological polar surface area (TPSA) is 65.4 Å². The zero-order valence-electron chi connectivity index (χ0n) is 13.3. The molecule has 0 radical (unpaired) electrons. The predicted molar refractivity (Wildman–Crippen MR) is 80.9 cm³/mol. The second kappa shape index (κ2) is 7.83. The van der Waals surface area contributed by atoms with Crippen LogP contribution in [0.1, 0.15) is 33.4 Å². The first-order valence-corrected chi connectivity index (χ1v) is 6.96. The standard InChI is InChI=1S/C15H25N3O3/c1-12(2)10-20-7-6-18-11-16-8-13(18)9-17-14(19)21-15(3,4)5/h8,11H,1,6-7,9-10H2,2-5H3,(H,17,19). The minimum Gasteiger partial charge on any atom is -0.444 e. The van der Waals surface area contributed by atoms with Crippen molar-refractivity contribution in [3.8, 4) is 0 Å². The molecule has 6 heteroatoms. The molecule has 0 atom stereocenters. The summed E-state index contributed by atoms with van der Waals surface area (Å²) in [5.74, 6) is 0. The molecular formula is C15H25N3O3. The van der Waals surface area contributed by atoms with E-state index in [2.05, 4.69) is 16.9 Å². The summed E-state index contributed by atoms with van der Waals surface area (Å²) in [6, 6.07) is 0. The van der Waals surface area contributed by atoms with Crippen LogP contribution in [0.3, 0.4) is 0 Å². The highest BCUT2D eigenvalue weighted by Crippen LogP contribution is 2.07. The highest BCUT2D eigenvalue weighted by atomic mass is 16.6. The Morgan fingerprint density at radius 1 is 1.48 bits per heavy atom. The molecule has 0 aliphatic rings. The van der Waals surface area contributed by atoms with E-state index in [4.69, 9.17) is 9.47 Å². The third-order valence-corrected chi connectivity index (χ3v) is 2.44. The lowest BCUT2D eigenvalue weighted by molar-refractivity contribution is 0.0522. The molecule has 0 fully saturated rings. The first-order valence-electron chi connectivity index (χ1n) is 6.96. The van der Waals surface area contributed by atoms with E-state index in [0.29, 0.717) is 26.3 Å². The van der Waals surface area contributed by atoms with Crippen LogP contribution in [-0.4, -0.2) is 34.5 Å². The van der Waals surface area contributed by atoms with E-state index in [1.165, 1.54) is 0 Å². The van der Waals surface area contributed by atoms with Gasteiger partial charge in [-0.3, -0.25) is 0 Å². The SMILES string of the molecule is C=C(C)COCCn1cncc1CNC(=O)OC(C)(C)C. The molecule has 1 heterocycles. The van der Waals surface area contributed by atoms with Crippen molar-refractivity contribution in [2.45, 2.75) is 46.4 Å². The van der Waals surface area contributed by atoms with Gasteiger partial charge in [-0.1, -0.05) is 12.2 Å². The second-order valence-electron chi connectivity index (χ2n) is 5.94. The molecule has 6 nitrogen and oxygen atoms in total. The molecule has 1 N–H and O–H groups in total. The first-order chi connectivity index (χ1) is 9.78. The van der Waals surface area contributed by atoms with Crippen molar-refractivity contribution in [1.82, 2.24) is 14.9 Å². The molecule has 1 rings (SSSR count). The van der Waals surface area contributed by atoms with Gasteiger partial charge in [0, 0.05) is 12.7 Å². The number of imidazole rings is 1. The van der Waals surface area contributed by atoms with Crippen molar-refractivity contribution in [2.24, 2.45) is 0 Å². The van der Waals surface area contributed by atoms with Crippen molar-refractivity contribution >= 4 is 6.09 Å². The van der Waals surface area contributed by atoms with Crippen LogP contribution in [0.15, 0.2) is 24.7 Å². The average Bonchev–Trinajstić information content (AvgIpc) is 2.77. The van der Waals surface area contributed by atoms with Gasteiger partial charge in [0.1, 0.15) is 5.60 Å². The molecule has 0 aromatic carbocycles. The molecule has 1 aromatic heterocycles. The molecule has 21 heavy (non-hydrogen) atoms. The van der Waals surface area contributed by atoms with Gasteiger partial charge in [-0.05, 0) is 27.7 Å². The molecule has 0 saturated carbocycles. The zero-order chi connectivity index (χ0) is 15.9. The fraction of sp³-hybridized carbons (Fsp3) is 0.600. The largest absolute Gasteiger partial charge is 0.444 e. The number of hydrogen-bond donors (Lipinski definition) is 1. The van der Waals surface area contributed by atoms with Gasteiger partial charge in [0.15, 0.2) is 0 Å². The van der Waals surface area contributed by atoms with Crippen LogP contribution in [0.2, 0.25) is 0 Å². The third kappa shape index (κ3) is 7.51. The summed E-state index contributed by atoms with van der Waals surface area (Å²) in [4.78, 5) is 15.7. The van der Waals surface area contributed by atoms with E-state index in [9.17, 15) is 4.79 Å². The lowest BCUT2D eigenvalue weighted by Gasteiger charge is -2.19. The summed E-state index contributed by atoms with van der Waals surface area (Å²) < 4.78 is 12.6. The Bertz CT molecular complexity index is 475. The van der Waals surface area contributed by atoms with Crippen molar-refractivity contribution < 1.29 is 14.3 Å². The highest BCUT2D eigenvalue weighted by Gasteiger charge is 2.16. The van der Waals surface area contributed by atoms with Crippen LogP contribution in [0, 0.1) is 0 Å². The number of nitrogens with one attached hydrogen (secondary N) is 1. The fourth-order valence-electron chi connectivity index (χ4n) is 1.58. The van der Waals surface area contributed by atoms with E-state index in [1.807, 2.05) is 32.3 Å². The van der Waals surface area contributed by atoms with Gasteiger partial charge >= 0.3 is 6.09 Å². The van der Waals surface area contributed by atoms with Gasteiger partial charge in [0.05, 0.1) is 31.8 Å². The lowest BCUT2D eigenvalue weighted by atomic mass is 10.2. The first kappa shape index (κ1) is 17.2. The number of amides is 1. The lowest BCUT2D eigenvalue weighted by Crippen LogP contribution is -2.32. The number of rotatable bonds is 7. The molecule has 0 aliphatic heterocycles. The van der Waals surface area contributed by atoms with Gasteiger partial charge < -0.3 is 19.4 Å². The molecule has 1 amide bonds. The third-order valence-electron chi connectivity index (χ3n) is 2.44. The normalized spacial score (nSPS) is 11.2. The fourth-order valence-corrected chi connectivity index (χ4v) is 1.58. The smallest absolute Gasteiger partial charge is 0.407 e. The summed E-state index contributed by atoms with van der Waals surface area (Å²) in [5, 5.41) is 2.71. The van der Waals surface area contributed by atoms with Crippen LogP contribution in [0.25, 0.3) is 0 Å². The maximum atomic E-state index is 11.6. The number of nitrogens with zero attached hydrogens (tertiary/aromatic N) is 2. The van der Waals surface area contributed by atoms with Crippen LogP contribution in [0.4, 0.5) is 4.79 Å². The van der Waals surface area contributed by atoms with Gasteiger partial charge in [-0.25, -0.2) is 9.78 Å². The zero-order valence-corrected chi connectivity index (χ0v) is 13.3. The summed E-state index contributed by atoms with van der Waals surface area (Å²) in [6.07, 6.45) is 3.00. The predicted octanol–water partition coefficient (Wildman–Crippen LogP) is 2.50. The van der Waals surface area contributed by atoms with Crippen molar-refractivity contribution in [2.75, 3.05) is 13.2 Å². The Hall–Kier alpha value is -1.82. The molecule has 118 valence electrons. The summed E-state index contributed by atoms with van der Waals surface area (Å²) in [6.45, 7) is 13.4. The molecular weight excluding hydrogens is 270 g/mol. The van der Waals surface area contributed by atoms with E-state index in [1.54, 1.807) is 12.5 Å². The number of carbonyl (C=O) groups excluding carboxylic acids is 1. The van der Waals surface area contributed by atoms with Gasteiger partial charge in [0.2, 0.25) is 0 Å². The number of aromatic nitrogens is 2. The summed E-state index contributed by atoms with van der Waals surface area (Å²) in [7, 11) is 0. The van der Waals surface area contributed by atoms with E-state index in [0.717, 1.165) is 11.3 Å². The molecule has 0 spiro atoms. The van der Waals surface area contributed by atoms with E-state index >= 15 is 0 Å². The monoisotopic (exact) mass is 295 g/mol. The Balaban J connectivity index is 2.38. The van der Waals surface area contributed by atoms with Crippen LogP contribution in [-0.2, 0) is 22.6 Å². The van der Waals surface area contributed by atoms with Gasteiger partial charge in [-0.15, -0.1) is 0 Å². The summed E-state index contributed by atoms with van der Waals surface area (Å²) >= 11 is 0. The Kier molecular flexibility index (Phi) is 6.42. The molecule has 0 saturated heterocycles. The summed E-state index contributed by atoms with van der Waals surface area (Å²) in [5.41, 5.74) is 1.40. The van der Waals surface area contributed by atoms with Crippen molar-refractivity contribution in [3.05, 3.63) is 30.4 Å². The molecule has 0 unspecified atom stereocenters. The van der Waals surface area contributed by atoms with E-state index in [-0.39, 0.29) is 0 Å². The number of hydrogen-bond acceptors (Lipinski definition) is 4. The Morgan fingerprint density at radius 2 is 2.19 bits per heavy atom. The molecule has 1 aromatic rings. The van der Waals surface area contributed by atoms with Crippen molar-refractivity contribution in [3.63, 3.8) is 0 Å². The Labute approximate surface area is 126 Å². The Morgan fingerprint density at radius 3 is 2.81 bits per heavy atom. The van der Waals surface area contributed by atoms with Crippen LogP contribution < -0.4 is 5.32 Å².